The number of carbonyl (C=O) groups is 1. The average Bonchev–Trinajstić information content (AvgIpc) is 2.98. The second-order valence-electron chi connectivity index (χ2n) is 4.02. The van der Waals surface area contributed by atoms with Crippen LogP contribution in [0.15, 0.2) is 40.2 Å². The molecule has 0 aromatic carbocycles. The molecule has 2 aromatic heterocycles. The van der Waals surface area contributed by atoms with Gasteiger partial charge in [0.15, 0.2) is 0 Å². The Hall–Kier alpha value is -1.51. The molecular weight excluding hydrogens is 318 g/mol. The highest BCUT2D eigenvalue weighted by Crippen LogP contribution is 2.26. The Morgan fingerprint density at radius 2 is 2.29 bits per heavy atom. The zero-order valence-corrected chi connectivity index (χ0v) is 12.3. The molecule has 2 rings (SSSR count). The van der Waals surface area contributed by atoms with E-state index in [0.29, 0.717) is 5.56 Å². The van der Waals surface area contributed by atoms with Gasteiger partial charge in [-0.3, -0.25) is 4.79 Å². The fourth-order valence-corrected chi connectivity index (χ4v) is 2.89. The second-order valence-corrected chi connectivity index (χ2v) is 5.78. The molecule has 1 unspecified atom stereocenters. The highest BCUT2D eigenvalue weighted by molar-refractivity contribution is 7.99. The summed E-state index contributed by atoms with van der Waals surface area (Å²) in [6.07, 6.45) is 0.518. The van der Waals surface area contributed by atoms with Crippen molar-refractivity contribution >= 4 is 29.0 Å². The van der Waals surface area contributed by atoms with E-state index in [0.717, 1.165) is 0 Å². The van der Waals surface area contributed by atoms with E-state index >= 15 is 0 Å². The molecule has 1 atom stereocenters. The van der Waals surface area contributed by atoms with Crippen molar-refractivity contribution in [3.8, 4) is 0 Å². The Labute approximate surface area is 128 Å². The van der Waals surface area contributed by atoms with E-state index < -0.39 is 17.8 Å². The standard InChI is InChI=1S/C13H12F2N2O2S2/c14-13(15)21-12-9(2-1-4-16-12)11(19)17-6-10(18)8-3-5-20-7-8/h1-5,7,10,13,18H,6H2,(H,17,19). The lowest BCUT2D eigenvalue weighted by molar-refractivity contribution is 0.0913. The number of halogens is 2. The predicted octanol–water partition coefficient (Wildman–Crippen LogP) is 2.92. The van der Waals surface area contributed by atoms with Gasteiger partial charge in [0.1, 0.15) is 5.03 Å². The summed E-state index contributed by atoms with van der Waals surface area (Å²) in [6.45, 7) is 0.00322. The largest absolute Gasteiger partial charge is 0.387 e. The van der Waals surface area contributed by atoms with Gasteiger partial charge in [-0.2, -0.15) is 20.1 Å². The van der Waals surface area contributed by atoms with E-state index in [1.807, 2.05) is 5.38 Å². The maximum absolute atomic E-state index is 12.4. The molecular formula is C13H12F2N2O2S2. The highest BCUT2D eigenvalue weighted by atomic mass is 32.2. The number of nitrogens with zero attached hydrogens (tertiary/aromatic N) is 1. The molecule has 21 heavy (non-hydrogen) atoms. The Bertz CT molecular complexity index is 594. The molecule has 1 amide bonds. The number of thiophene rings is 1. The number of thioether (sulfide) groups is 1. The van der Waals surface area contributed by atoms with E-state index in [2.05, 4.69) is 10.3 Å². The molecule has 0 saturated carbocycles. The van der Waals surface area contributed by atoms with Gasteiger partial charge in [-0.1, -0.05) is 0 Å². The molecule has 0 aliphatic heterocycles. The molecule has 0 aliphatic rings. The number of pyridine rings is 1. The third-order valence-electron chi connectivity index (χ3n) is 2.60. The summed E-state index contributed by atoms with van der Waals surface area (Å²) < 4.78 is 24.8. The topological polar surface area (TPSA) is 62.2 Å². The quantitative estimate of drug-likeness (QED) is 0.800. The van der Waals surface area contributed by atoms with Crippen LogP contribution in [0.5, 0.6) is 0 Å². The summed E-state index contributed by atoms with van der Waals surface area (Å²) in [6, 6.07) is 4.67. The van der Waals surface area contributed by atoms with Crippen LogP contribution in [0, 0.1) is 0 Å². The van der Waals surface area contributed by atoms with Crippen LogP contribution in [-0.2, 0) is 0 Å². The SMILES string of the molecule is O=C(NCC(O)c1ccsc1)c1cccnc1SC(F)F. The fraction of sp³-hybridized carbons (Fsp3) is 0.231. The first kappa shape index (κ1) is 15.9. The van der Waals surface area contributed by atoms with Gasteiger partial charge in [0.05, 0.1) is 11.7 Å². The molecule has 0 radical (unpaired) electrons. The van der Waals surface area contributed by atoms with Crippen LogP contribution in [-0.4, -0.2) is 28.3 Å². The molecule has 0 aliphatic carbocycles. The van der Waals surface area contributed by atoms with E-state index in [9.17, 15) is 18.7 Å². The molecule has 2 N–H and O–H groups in total. The van der Waals surface area contributed by atoms with Crippen molar-refractivity contribution in [3.63, 3.8) is 0 Å². The summed E-state index contributed by atoms with van der Waals surface area (Å²) in [7, 11) is 0. The number of hydrogen-bond donors (Lipinski definition) is 2. The molecule has 8 heteroatoms. The molecule has 0 bridgehead atoms. The number of rotatable bonds is 6. The Balaban J connectivity index is 2.00. The fourth-order valence-electron chi connectivity index (χ4n) is 1.61. The van der Waals surface area contributed by atoms with E-state index in [1.54, 1.807) is 11.4 Å². The van der Waals surface area contributed by atoms with Crippen LogP contribution in [0.4, 0.5) is 8.78 Å². The molecule has 0 fully saturated rings. The van der Waals surface area contributed by atoms with E-state index in [4.69, 9.17) is 0 Å². The minimum absolute atomic E-state index is 0.00322. The van der Waals surface area contributed by atoms with Crippen LogP contribution in [0.2, 0.25) is 0 Å². The molecule has 4 nitrogen and oxygen atoms in total. The summed E-state index contributed by atoms with van der Waals surface area (Å²) in [5.74, 6) is -3.19. The predicted molar refractivity (Wildman–Crippen MR) is 77.7 cm³/mol. The lowest BCUT2D eigenvalue weighted by Gasteiger charge is -2.12. The van der Waals surface area contributed by atoms with Crippen LogP contribution >= 0.6 is 23.1 Å². The van der Waals surface area contributed by atoms with Gasteiger partial charge >= 0.3 is 0 Å². The molecule has 2 heterocycles. The molecule has 0 spiro atoms. The first-order valence-electron chi connectivity index (χ1n) is 5.96. The van der Waals surface area contributed by atoms with Gasteiger partial charge in [0, 0.05) is 12.7 Å². The highest BCUT2D eigenvalue weighted by Gasteiger charge is 2.17. The van der Waals surface area contributed by atoms with Gasteiger partial charge in [-0.05, 0) is 46.3 Å². The molecule has 112 valence electrons. The number of aliphatic hydroxyl groups excluding tert-OH is 1. The van der Waals surface area contributed by atoms with Crippen LogP contribution in [0.25, 0.3) is 0 Å². The van der Waals surface area contributed by atoms with Crippen LogP contribution in [0.1, 0.15) is 22.0 Å². The summed E-state index contributed by atoms with van der Waals surface area (Å²) in [4.78, 5) is 15.8. The van der Waals surface area contributed by atoms with Crippen molar-refractivity contribution in [2.75, 3.05) is 6.54 Å². The van der Waals surface area contributed by atoms with Gasteiger partial charge in [-0.25, -0.2) is 4.98 Å². The smallest absolute Gasteiger partial charge is 0.290 e. The van der Waals surface area contributed by atoms with Crippen molar-refractivity contribution in [3.05, 3.63) is 46.3 Å². The van der Waals surface area contributed by atoms with Gasteiger partial charge in [0.2, 0.25) is 0 Å². The van der Waals surface area contributed by atoms with Crippen molar-refractivity contribution in [2.24, 2.45) is 0 Å². The normalized spacial score (nSPS) is 12.4. The van der Waals surface area contributed by atoms with Crippen molar-refractivity contribution in [1.82, 2.24) is 10.3 Å². The van der Waals surface area contributed by atoms with Crippen molar-refractivity contribution in [1.29, 1.82) is 0 Å². The van der Waals surface area contributed by atoms with Crippen molar-refractivity contribution < 1.29 is 18.7 Å². The summed E-state index contributed by atoms with van der Waals surface area (Å²) in [5.41, 5.74) is 0.772. The lowest BCUT2D eigenvalue weighted by atomic mass is 10.2. The molecule has 2 aromatic rings. The summed E-state index contributed by atoms with van der Waals surface area (Å²) in [5, 5.41) is 16.0. The number of hydrogen-bond acceptors (Lipinski definition) is 5. The minimum Gasteiger partial charge on any atom is -0.387 e. The summed E-state index contributed by atoms with van der Waals surface area (Å²) >= 11 is 1.66. The van der Waals surface area contributed by atoms with Gasteiger partial charge in [0.25, 0.3) is 11.7 Å². The second kappa shape index (κ2) is 7.48. The Kier molecular flexibility index (Phi) is 5.66. The molecule has 0 saturated heterocycles. The lowest BCUT2D eigenvalue weighted by Crippen LogP contribution is -2.28. The monoisotopic (exact) mass is 330 g/mol. The van der Waals surface area contributed by atoms with E-state index in [-0.39, 0.29) is 28.9 Å². The number of amides is 1. The van der Waals surface area contributed by atoms with Crippen molar-refractivity contribution in [2.45, 2.75) is 16.9 Å². The number of nitrogens with one attached hydrogen (secondary N) is 1. The van der Waals surface area contributed by atoms with Gasteiger partial charge in [-0.15, -0.1) is 0 Å². The van der Waals surface area contributed by atoms with E-state index in [1.165, 1.54) is 29.7 Å². The third-order valence-corrected chi connectivity index (χ3v) is 4.03. The van der Waals surface area contributed by atoms with Crippen LogP contribution in [0.3, 0.4) is 0 Å². The number of aliphatic hydroxyl groups is 1. The maximum Gasteiger partial charge on any atom is 0.290 e. The average molecular weight is 330 g/mol. The number of aromatic nitrogens is 1. The van der Waals surface area contributed by atoms with Crippen LogP contribution < -0.4 is 5.32 Å². The zero-order valence-electron chi connectivity index (χ0n) is 10.7. The number of carbonyl (C=O) groups excluding carboxylic acids is 1. The van der Waals surface area contributed by atoms with Gasteiger partial charge < -0.3 is 10.4 Å². The third kappa shape index (κ3) is 4.48. The number of alkyl halides is 2. The maximum atomic E-state index is 12.4. The first-order valence-corrected chi connectivity index (χ1v) is 7.78. The first-order chi connectivity index (χ1) is 10.1. The minimum atomic E-state index is -2.65. The Morgan fingerprint density at radius 1 is 1.48 bits per heavy atom. The Morgan fingerprint density at radius 3 is 2.95 bits per heavy atom. The zero-order chi connectivity index (χ0) is 15.2.